The van der Waals surface area contributed by atoms with E-state index in [1.54, 1.807) is 0 Å². The first kappa shape index (κ1) is 19.6. The molecule has 0 spiro atoms. The Hall–Kier alpha value is -2.40. The van der Waals surface area contributed by atoms with Gasteiger partial charge in [-0.05, 0) is 63.6 Å². The van der Waals surface area contributed by atoms with Crippen molar-refractivity contribution in [1.29, 1.82) is 0 Å². The van der Waals surface area contributed by atoms with Gasteiger partial charge in [-0.3, -0.25) is 4.79 Å². The average Bonchev–Trinajstić information content (AvgIpc) is 3.33. The van der Waals surface area contributed by atoms with Crippen molar-refractivity contribution in [1.82, 2.24) is 19.7 Å². The van der Waals surface area contributed by atoms with Crippen LogP contribution in [-0.4, -0.2) is 38.2 Å². The standard InChI is InChI=1S/C24H27ClN4O/c1-15(2)29-23-20(14-26-29)19(13-22(27-23)16-9-10-16)24(30)28-11-5-7-18(28)12-17-6-3-4-8-21(17)25/h3-4,6,8,13-16,18H,5,7,9-12H2,1-2H3. The topological polar surface area (TPSA) is 51.0 Å². The van der Waals surface area contributed by atoms with E-state index in [4.69, 9.17) is 16.6 Å². The monoisotopic (exact) mass is 422 g/mol. The van der Waals surface area contributed by atoms with E-state index in [2.05, 4.69) is 25.0 Å². The van der Waals surface area contributed by atoms with Gasteiger partial charge in [0.15, 0.2) is 5.65 Å². The molecule has 6 heteroatoms. The second-order valence-electron chi connectivity index (χ2n) is 8.88. The van der Waals surface area contributed by atoms with Gasteiger partial charge in [0.25, 0.3) is 5.91 Å². The van der Waals surface area contributed by atoms with E-state index in [0.29, 0.717) is 5.92 Å². The summed E-state index contributed by atoms with van der Waals surface area (Å²) in [5, 5.41) is 6.19. The molecule has 0 N–H and O–H groups in total. The molecule has 1 unspecified atom stereocenters. The molecule has 156 valence electrons. The molecule has 1 aliphatic heterocycles. The molecule has 30 heavy (non-hydrogen) atoms. The first-order valence-electron chi connectivity index (χ1n) is 11.0. The van der Waals surface area contributed by atoms with Crippen LogP contribution >= 0.6 is 11.6 Å². The summed E-state index contributed by atoms with van der Waals surface area (Å²) in [6, 6.07) is 10.3. The normalized spacial score (nSPS) is 19.2. The van der Waals surface area contributed by atoms with E-state index >= 15 is 0 Å². The second kappa shape index (κ2) is 7.69. The maximum absolute atomic E-state index is 13.7. The highest BCUT2D eigenvalue weighted by molar-refractivity contribution is 6.31. The van der Waals surface area contributed by atoms with Crippen LogP contribution in [0.4, 0.5) is 0 Å². The molecule has 2 fully saturated rings. The first-order valence-corrected chi connectivity index (χ1v) is 11.3. The van der Waals surface area contributed by atoms with Crippen LogP contribution in [0.5, 0.6) is 0 Å². The Balaban J connectivity index is 1.51. The molecule has 1 aromatic carbocycles. The van der Waals surface area contributed by atoms with E-state index < -0.39 is 0 Å². The van der Waals surface area contributed by atoms with Crippen LogP contribution in [0, 0.1) is 0 Å². The summed E-state index contributed by atoms with van der Waals surface area (Å²) in [6.07, 6.45) is 6.94. The molecule has 3 heterocycles. The molecule has 2 aromatic heterocycles. The van der Waals surface area contributed by atoms with Gasteiger partial charge in [-0.2, -0.15) is 5.10 Å². The number of hydrogen-bond acceptors (Lipinski definition) is 3. The Morgan fingerprint density at radius 3 is 2.77 bits per heavy atom. The lowest BCUT2D eigenvalue weighted by molar-refractivity contribution is 0.0738. The van der Waals surface area contributed by atoms with Crippen LogP contribution in [0.15, 0.2) is 36.5 Å². The molecule has 5 rings (SSSR count). The fourth-order valence-electron chi connectivity index (χ4n) is 4.57. The predicted octanol–water partition coefficient (Wildman–Crippen LogP) is 5.39. The molecule has 2 aliphatic rings. The number of likely N-dealkylation sites (tertiary alicyclic amines) is 1. The molecule has 3 aromatic rings. The van der Waals surface area contributed by atoms with Crippen LogP contribution in [0.1, 0.15) is 73.1 Å². The zero-order chi connectivity index (χ0) is 20.8. The van der Waals surface area contributed by atoms with Crippen LogP contribution in [0.2, 0.25) is 5.02 Å². The molecule has 1 aliphatic carbocycles. The Morgan fingerprint density at radius 2 is 2.03 bits per heavy atom. The summed E-state index contributed by atoms with van der Waals surface area (Å²) >= 11 is 6.40. The molecule has 1 atom stereocenters. The highest BCUT2D eigenvalue weighted by Crippen LogP contribution is 2.40. The third-order valence-corrected chi connectivity index (χ3v) is 6.72. The van der Waals surface area contributed by atoms with E-state index in [9.17, 15) is 4.79 Å². The van der Waals surface area contributed by atoms with Gasteiger partial charge in [-0.15, -0.1) is 0 Å². The summed E-state index contributed by atoms with van der Waals surface area (Å²) in [6.45, 7) is 4.98. The van der Waals surface area contributed by atoms with Gasteiger partial charge < -0.3 is 4.90 Å². The van der Waals surface area contributed by atoms with E-state index in [0.717, 1.165) is 71.5 Å². The Kier molecular flexibility index (Phi) is 5.02. The van der Waals surface area contributed by atoms with Crippen molar-refractivity contribution in [3.8, 4) is 0 Å². The van der Waals surface area contributed by atoms with Crippen LogP contribution in [0.25, 0.3) is 11.0 Å². The van der Waals surface area contributed by atoms with Gasteiger partial charge in [-0.1, -0.05) is 29.8 Å². The average molecular weight is 423 g/mol. The number of hydrogen-bond donors (Lipinski definition) is 0. The summed E-state index contributed by atoms with van der Waals surface area (Å²) < 4.78 is 1.93. The van der Waals surface area contributed by atoms with Crippen molar-refractivity contribution in [2.45, 2.75) is 64.0 Å². The predicted molar refractivity (Wildman–Crippen MR) is 119 cm³/mol. The summed E-state index contributed by atoms with van der Waals surface area (Å²) in [5.41, 5.74) is 3.73. The largest absolute Gasteiger partial charge is 0.335 e. The van der Waals surface area contributed by atoms with Gasteiger partial charge in [0.2, 0.25) is 0 Å². The minimum atomic E-state index is 0.0992. The zero-order valence-electron chi connectivity index (χ0n) is 17.5. The quantitative estimate of drug-likeness (QED) is 0.553. The Bertz CT molecular complexity index is 1100. The fraction of sp³-hybridized carbons (Fsp3) is 0.458. The number of benzene rings is 1. The Morgan fingerprint density at radius 1 is 1.23 bits per heavy atom. The number of halogens is 1. The number of carbonyl (C=O) groups is 1. The van der Waals surface area contributed by atoms with Crippen molar-refractivity contribution >= 4 is 28.5 Å². The minimum Gasteiger partial charge on any atom is -0.335 e. The number of fused-ring (bicyclic) bond motifs is 1. The molecule has 0 radical (unpaired) electrons. The van der Waals surface area contributed by atoms with Crippen molar-refractivity contribution < 1.29 is 4.79 Å². The van der Waals surface area contributed by atoms with Crippen molar-refractivity contribution in [2.75, 3.05) is 6.54 Å². The first-order chi connectivity index (χ1) is 14.5. The lowest BCUT2D eigenvalue weighted by Gasteiger charge is -2.26. The number of carbonyl (C=O) groups excluding carboxylic acids is 1. The highest BCUT2D eigenvalue weighted by atomic mass is 35.5. The number of nitrogens with zero attached hydrogens (tertiary/aromatic N) is 4. The smallest absolute Gasteiger partial charge is 0.254 e. The minimum absolute atomic E-state index is 0.0992. The number of amides is 1. The van der Waals surface area contributed by atoms with Crippen molar-refractivity contribution in [3.63, 3.8) is 0 Å². The van der Waals surface area contributed by atoms with Crippen molar-refractivity contribution in [2.24, 2.45) is 0 Å². The molecule has 0 bridgehead atoms. The Labute approximate surface area is 182 Å². The maximum atomic E-state index is 13.7. The van der Waals surface area contributed by atoms with Gasteiger partial charge in [0.05, 0.1) is 17.1 Å². The molecular formula is C24H27ClN4O. The van der Waals surface area contributed by atoms with E-state index in [1.165, 1.54) is 0 Å². The zero-order valence-corrected chi connectivity index (χ0v) is 18.3. The van der Waals surface area contributed by atoms with E-state index in [1.807, 2.05) is 40.0 Å². The van der Waals surface area contributed by atoms with Gasteiger partial charge in [0, 0.05) is 35.3 Å². The maximum Gasteiger partial charge on any atom is 0.254 e. The second-order valence-corrected chi connectivity index (χ2v) is 9.29. The molecule has 1 amide bonds. The lowest BCUT2D eigenvalue weighted by atomic mass is 10.0. The van der Waals surface area contributed by atoms with Crippen LogP contribution in [-0.2, 0) is 6.42 Å². The van der Waals surface area contributed by atoms with Crippen molar-refractivity contribution in [3.05, 3.63) is 58.4 Å². The summed E-state index contributed by atoms with van der Waals surface area (Å²) in [5.74, 6) is 0.580. The van der Waals surface area contributed by atoms with Gasteiger partial charge in [-0.25, -0.2) is 9.67 Å². The van der Waals surface area contributed by atoms with Crippen LogP contribution in [0.3, 0.4) is 0 Å². The third kappa shape index (κ3) is 3.49. The molecule has 1 saturated heterocycles. The summed E-state index contributed by atoms with van der Waals surface area (Å²) in [4.78, 5) is 20.7. The highest BCUT2D eigenvalue weighted by Gasteiger charge is 2.33. The molecule has 5 nitrogen and oxygen atoms in total. The van der Waals surface area contributed by atoms with E-state index in [-0.39, 0.29) is 18.0 Å². The SMILES string of the molecule is CC(C)n1ncc2c(C(=O)N3CCCC3Cc3ccccc3Cl)cc(C3CC3)nc21. The summed E-state index contributed by atoms with van der Waals surface area (Å²) in [7, 11) is 0. The molecular weight excluding hydrogens is 396 g/mol. The lowest BCUT2D eigenvalue weighted by Crippen LogP contribution is -2.37. The molecule has 1 saturated carbocycles. The van der Waals surface area contributed by atoms with Crippen LogP contribution < -0.4 is 0 Å². The number of rotatable bonds is 5. The van der Waals surface area contributed by atoms with Gasteiger partial charge >= 0.3 is 0 Å². The number of pyridine rings is 1. The third-order valence-electron chi connectivity index (χ3n) is 6.35. The fourth-order valence-corrected chi connectivity index (χ4v) is 4.78. The number of aromatic nitrogens is 3. The van der Waals surface area contributed by atoms with Gasteiger partial charge in [0.1, 0.15) is 0 Å².